The molecule has 0 bridgehead atoms. The average Bonchev–Trinajstić information content (AvgIpc) is 2.46. The van der Waals surface area contributed by atoms with E-state index in [1.165, 1.54) is 12.1 Å². The molecule has 0 radical (unpaired) electrons. The molecule has 2 aromatic rings. The molecule has 0 unspecified atom stereocenters. The first-order valence-corrected chi connectivity index (χ1v) is 6.47. The molecular weight excluding hydrogens is 279 g/mol. The summed E-state index contributed by atoms with van der Waals surface area (Å²) >= 11 is 0. The van der Waals surface area contributed by atoms with Crippen LogP contribution in [0.25, 0.3) is 0 Å². The lowest BCUT2D eigenvalue weighted by Crippen LogP contribution is -2.06. The van der Waals surface area contributed by atoms with Crippen LogP contribution in [-0.4, -0.2) is 7.11 Å². The normalized spacial score (nSPS) is 11.4. The van der Waals surface area contributed by atoms with Crippen molar-refractivity contribution < 1.29 is 17.9 Å². The van der Waals surface area contributed by atoms with Gasteiger partial charge in [-0.15, -0.1) is 0 Å². The van der Waals surface area contributed by atoms with Gasteiger partial charge in [-0.1, -0.05) is 24.3 Å². The van der Waals surface area contributed by atoms with E-state index in [9.17, 15) is 13.2 Å². The summed E-state index contributed by atoms with van der Waals surface area (Å²) in [5.41, 5.74) is 2.11. The zero-order valence-corrected chi connectivity index (χ0v) is 11.6. The molecule has 1 N–H and O–H groups in total. The zero-order valence-electron chi connectivity index (χ0n) is 11.6. The van der Waals surface area contributed by atoms with Gasteiger partial charge in [0.05, 0.1) is 12.2 Å². The molecular formula is C16H16F3NO. The number of alkyl halides is 3. The van der Waals surface area contributed by atoms with Crippen molar-refractivity contribution in [1.29, 1.82) is 0 Å². The summed E-state index contributed by atoms with van der Waals surface area (Å²) in [5.74, 6) is 0. The van der Waals surface area contributed by atoms with Crippen LogP contribution in [0.15, 0.2) is 48.5 Å². The highest BCUT2D eigenvalue weighted by molar-refractivity contribution is 5.46. The van der Waals surface area contributed by atoms with Gasteiger partial charge >= 0.3 is 6.18 Å². The van der Waals surface area contributed by atoms with Crippen molar-refractivity contribution >= 4 is 5.69 Å². The van der Waals surface area contributed by atoms with Gasteiger partial charge in [-0.05, 0) is 35.4 Å². The van der Waals surface area contributed by atoms with E-state index < -0.39 is 11.7 Å². The molecule has 2 nitrogen and oxygen atoms in total. The zero-order chi connectivity index (χ0) is 15.3. The Morgan fingerprint density at radius 3 is 2.14 bits per heavy atom. The molecule has 5 heteroatoms. The van der Waals surface area contributed by atoms with Gasteiger partial charge in [-0.3, -0.25) is 0 Å². The number of methoxy groups -OCH3 is 1. The third-order valence-electron chi connectivity index (χ3n) is 3.11. The smallest absolute Gasteiger partial charge is 0.381 e. The maximum atomic E-state index is 12.5. The van der Waals surface area contributed by atoms with Crippen LogP contribution in [0, 0.1) is 0 Å². The summed E-state index contributed by atoms with van der Waals surface area (Å²) in [5, 5.41) is 3.12. The van der Waals surface area contributed by atoms with Gasteiger partial charge in [-0.25, -0.2) is 0 Å². The van der Waals surface area contributed by atoms with Crippen LogP contribution in [0.3, 0.4) is 0 Å². The van der Waals surface area contributed by atoms with Gasteiger partial charge in [0.15, 0.2) is 0 Å². The second-order valence-electron chi connectivity index (χ2n) is 4.63. The lowest BCUT2D eigenvalue weighted by molar-refractivity contribution is -0.137. The molecule has 0 atom stereocenters. The summed E-state index contributed by atoms with van der Waals surface area (Å²) in [4.78, 5) is 0. The number of benzene rings is 2. The second-order valence-corrected chi connectivity index (χ2v) is 4.63. The average molecular weight is 295 g/mol. The Morgan fingerprint density at radius 1 is 0.952 bits per heavy atom. The van der Waals surface area contributed by atoms with E-state index in [0.29, 0.717) is 18.8 Å². The molecule has 0 aliphatic rings. The number of halogens is 3. The first-order chi connectivity index (χ1) is 10.0. The molecule has 0 heterocycles. The van der Waals surface area contributed by atoms with Gasteiger partial charge in [-0.2, -0.15) is 13.2 Å². The van der Waals surface area contributed by atoms with E-state index in [1.54, 1.807) is 7.11 Å². The van der Waals surface area contributed by atoms with Gasteiger partial charge < -0.3 is 10.1 Å². The fourth-order valence-corrected chi connectivity index (χ4v) is 2.00. The third kappa shape index (κ3) is 4.23. The molecule has 0 aliphatic carbocycles. The predicted molar refractivity (Wildman–Crippen MR) is 75.9 cm³/mol. The lowest BCUT2D eigenvalue weighted by atomic mass is 10.1. The quantitative estimate of drug-likeness (QED) is 0.879. The molecule has 21 heavy (non-hydrogen) atoms. The Hall–Kier alpha value is -2.01. The minimum Gasteiger partial charge on any atom is -0.381 e. The van der Waals surface area contributed by atoms with E-state index in [-0.39, 0.29) is 0 Å². The minimum absolute atomic E-state index is 0.505. The van der Waals surface area contributed by atoms with E-state index >= 15 is 0 Å². The minimum atomic E-state index is -4.30. The fraction of sp³-hybridized carbons (Fsp3) is 0.250. The number of hydrogen-bond donors (Lipinski definition) is 1. The van der Waals surface area contributed by atoms with Crippen LogP contribution in [0.1, 0.15) is 16.7 Å². The number of rotatable bonds is 5. The van der Waals surface area contributed by atoms with E-state index in [4.69, 9.17) is 4.74 Å². The Labute approximate surface area is 121 Å². The molecule has 0 spiro atoms. The van der Waals surface area contributed by atoms with Crippen LogP contribution in [0.2, 0.25) is 0 Å². The van der Waals surface area contributed by atoms with Gasteiger partial charge in [0.2, 0.25) is 0 Å². The molecule has 2 rings (SSSR count). The summed E-state index contributed by atoms with van der Waals surface area (Å²) in [7, 11) is 1.63. The first kappa shape index (κ1) is 15.4. The Morgan fingerprint density at radius 2 is 1.57 bits per heavy atom. The van der Waals surface area contributed by atoms with Crippen molar-refractivity contribution in [3.05, 3.63) is 65.2 Å². The lowest BCUT2D eigenvalue weighted by Gasteiger charge is -2.12. The largest absolute Gasteiger partial charge is 0.416 e. The SMILES string of the molecule is COCc1ccccc1CNc1ccc(C(F)(F)F)cc1. The number of anilines is 1. The van der Waals surface area contributed by atoms with Crippen molar-refractivity contribution in [2.24, 2.45) is 0 Å². The standard InChI is InChI=1S/C16H16F3NO/c1-21-11-13-5-3-2-4-12(13)10-20-15-8-6-14(7-9-15)16(17,18)19/h2-9,20H,10-11H2,1H3. The monoisotopic (exact) mass is 295 g/mol. The predicted octanol–water partition coefficient (Wildman–Crippen LogP) is 4.46. The highest BCUT2D eigenvalue weighted by Gasteiger charge is 2.29. The summed E-state index contributed by atoms with van der Waals surface area (Å²) in [6, 6.07) is 12.8. The molecule has 0 aromatic heterocycles. The second kappa shape index (κ2) is 6.63. The van der Waals surface area contributed by atoms with Crippen LogP contribution in [0.4, 0.5) is 18.9 Å². The molecule has 0 aliphatic heterocycles. The highest BCUT2D eigenvalue weighted by atomic mass is 19.4. The Kier molecular flexibility index (Phi) is 4.85. The highest BCUT2D eigenvalue weighted by Crippen LogP contribution is 2.29. The number of hydrogen-bond acceptors (Lipinski definition) is 2. The van der Waals surface area contributed by atoms with Gasteiger partial charge in [0, 0.05) is 19.3 Å². The Bertz CT molecular complexity index is 579. The molecule has 0 amide bonds. The molecule has 0 saturated heterocycles. The van der Waals surface area contributed by atoms with E-state index in [2.05, 4.69) is 5.32 Å². The van der Waals surface area contributed by atoms with Gasteiger partial charge in [0.25, 0.3) is 0 Å². The number of ether oxygens (including phenoxy) is 1. The van der Waals surface area contributed by atoms with Crippen molar-refractivity contribution in [3.8, 4) is 0 Å². The molecule has 112 valence electrons. The van der Waals surface area contributed by atoms with E-state index in [0.717, 1.165) is 23.3 Å². The van der Waals surface area contributed by atoms with Crippen LogP contribution >= 0.6 is 0 Å². The van der Waals surface area contributed by atoms with Crippen molar-refractivity contribution in [2.75, 3.05) is 12.4 Å². The summed E-state index contributed by atoms with van der Waals surface area (Å²) in [6.45, 7) is 1.04. The fourth-order valence-electron chi connectivity index (χ4n) is 2.00. The summed E-state index contributed by atoms with van der Waals surface area (Å²) < 4.78 is 42.5. The van der Waals surface area contributed by atoms with Crippen molar-refractivity contribution in [3.63, 3.8) is 0 Å². The third-order valence-corrected chi connectivity index (χ3v) is 3.11. The molecule has 2 aromatic carbocycles. The van der Waals surface area contributed by atoms with Gasteiger partial charge in [0.1, 0.15) is 0 Å². The first-order valence-electron chi connectivity index (χ1n) is 6.47. The van der Waals surface area contributed by atoms with Crippen molar-refractivity contribution in [2.45, 2.75) is 19.3 Å². The van der Waals surface area contributed by atoms with E-state index in [1.807, 2.05) is 24.3 Å². The summed E-state index contributed by atoms with van der Waals surface area (Å²) in [6.07, 6.45) is -4.30. The van der Waals surface area contributed by atoms with Crippen LogP contribution in [0.5, 0.6) is 0 Å². The Balaban J connectivity index is 2.03. The molecule has 0 fully saturated rings. The van der Waals surface area contributed by atoms with Crippen LogP contribution in [-0.2, 0) is 24.1 Å². The number of nitrogens with one attached hydrogen (secondary N) is 1. The maximum Gasteiger partial charge on any atom is 0.416 e. The topological polar surface area (TPSA) is 21.3 Å². The van der Waals surface area contributed by atoms with Crippen LogP contribution < -0.4 is 5.32 Å². The molecule has 0 saturated carbocycles. The van der Waals surface area contributed by atoms with Crippen molar-refractivity contribution in [1.82, 2.24) is 0 Å². The maximum absolute atomic E-state index is 12.5.